The smallest absolute Gasteiger partial charge is 0.243 e. The number of carbonyl (C=O) groups excluding carboxylic acids is 1. The molecule has 1 atom stereocenters. The molecule has 0 aliphatic rings. The van der Waals surface area contributed by atoms with Gasteiger partial charge in [0, 0.05) is 18.4 Å². The van der Waals surface area contributed by atoms with Crippen LogP contribution in [0.2, 0.25) is 0 Å². The number of aryl methyl sites for hydroxylation is 1. The summed E-state index contributed by atoms with van der Waals surface area (Å²) < 4.78 is 0. The summed E-state index contributed by atoms with van der Waals surface area (Å²) in [6, 6.07) is 4.21. The van der Waals surface area contributed by atoms with Crippen LogP contribution in [0.15, 0.2) is 37.2 Å². The van der Waals surface area contributed by atoms with Gasteiger partial charge in [0.1, 0.15) is 0 Å². The average Bonchev–Trinajstić information content (AvgIpc) is 2.30. The molecule has 0 spiro atoms. The van der Waals surface area contributed by atoms with Crippen molar-refractivity contribution in [1.82, 2.24) is 10.3 Å². The highest BCUT2D eigenvalue weighted by molar-refractivity contribution is 5.87. The lowest BCUT2D eigenvalue weighted by Gasteiger charge is -2.11. The summed E-state index contributed by atoms with van der Waals surface area (Å²) in [6.45, 7) is 5.43. The Morgan fingerprint density at radius 1 is 1.69 bits per heavy atom. The minimum atomic E-state index is -0.103. The molecule has 0 aliphatic carbocycles. The van der Waals surface area contributed by atoms with Gasteiger partial charge >= 0.3 is 0 Å². The summed E-state index contributed by atoms with van der Waals surface area (Å²) >= 11 is 0. The van der Waals surface area contributed by atoms with E-state index in [4.69, 9.17) is 0 Å². The summed E-state index contributed by atoms with van der Waals surface area (Å²) in [5.74, 6) is -0.103. The predicted octanol–water partition coefficient (Wildman–Crippen LogP) is 2.09. The maximum atomic E-state index is 11.0. The Hall–Kier alpha value is -1.64. The second-order valence-electron chi connectivity index (χ2n) is 3.87. The maximum Gasteiger partial charge on any atom is 0.243 e. The van der Waals surface area contributed by atoms with Crippen LogP contribution in [0.25, 0.3) is 0 Å². The van der Waals surface area contributed by atoms with E-state index in [0.717, 1.165) is 19.3 Å². The van der Waals surface area contributed by atoms with E-state index in [1.165, 1.54) is 11.6 Å². The Morgan fingerprint density at radius 3 is 3.12 bits per heavy atom. The lowest BCUT2D eigenvalue weighted by atomic mass is 10.1. The molecule has 3 heteroatoms. The van der Waals surface area contributed by atoms with E-state index in [2.05, 4.69) is 22.9 Å². The molecule has 1 N–H and O–H groups in total. The largest absolute Gasteiger partial charge is 0.350 e. The first-order valence-electron chi connectivity index (χ1n) is 5.54. The molecular weight excluding hydrogens is 200 g/mol. The van der Waals surface area contributed by atoms with Gasteiger partial charge in [-0.1, -0.05) is 12.6 Å². The van der Waals surface area contributed by atoms with Crippen molar-refractivity contribution >= 4 is 5.91 Å². The van der Waals surface area contributed by atoms with Gasteiger partial charge in [0.25, 0.3) is 0 Å². The van der Waals surface area contributed by atoms with Gasteiger partial charge in [-0.2, -0.15) is 0 Å². The SMILES string of the molecule is C=CC(=O)NC(C)CCCc1cccnc1. The first-order chi connectivity index (χ1) is 7.72. The van der Waals surface area contributed by atoms with Crippen molar-refractivity contribution in [2.45, 2.75) is 32.2 Å². The number of nitrogens with one attached hydrogen (secondary N) is 1. The number of pyridine rings is 1. The summed E-state index contributed by atoms with van der Waals surface area (Å²) in [7, 11) is 0. The molecule has 0 aromatic carbocycles. The van der Waals surface area contributed by atoms with E-state index in [1.807, 2.05) is 19.2 Å². The van der Waals surface area contributed by atoms with Gasteiger partial charge in [-0.05, 0) is 43.9 Å². The molecule has 0 bridgehead atoms. The number of amides is 1. The van der Waals surface area contributed by atoms with Crippen molar-refractivity contribution in [3.05, 3.63) is 42.7 Å². The molecule has 1 aromatic heterocycles. The number of carbonyl (C=O) groups is 1. The highest BCUT2D eigenvalue weighted by atomic mass is 16.1. The highest BCUT2D eigenvalue weighted by Crippen LogP contribution is 2.05. The van der Waals surface area contributed by atoms with Gasteiger partial charge < -0.3 is 5.32 Å². The normalized spacial score (nSPS) is 11.8. The third kappa shape index (κ3) is 4.73. The molecule has 1 heterocycles. The van der Waals surface area contributed by atoms with E-state index in [1.54, 1.807) is 6.20 Å². The minimum absolute atomic E-state index is 0.103. The van der Waals surface area contributed by atoms with Crippen LogP contribution in [-0.4, -0.2) is 16.9 Å². The van der Waals surface area contributed by atoms with Crippen LogP contribution >= 0.6 is 0 Å². The van der Waals surface area contributed by atoms with Crippen LogP contribution in [0.5, 0.6) is 0 Å². The maximum absolute atomic E-state index is 11.0. The number of hydrogen-bond donors (Lipinski definition) is 1. The molecule has 0 radical (unpaired) electrons. The van der Waals surface area contributed by atoms with E-state index >= 15 is 0 Å². The van der Waals surface area contributed by atoms with Gasteiger partial charge in [-0.25, -0.2) is 0 Å². The molecule has 1 aromatic rings. The van der Waals surface area contributed by atoms with Crippen molar-refractivity contribution in [2.75, 3.05) is 0 Å². The molecule has 0 saturated heterocycles. The Labute approximate surface area is 96.6 Å². The van der Waals surface area contributed by atoms with E-state index < -0.39 is 0 Å². The van der Waals surface area contributed by atoms with Crippen molar-refractivity contribution in [3.63, 3.8) is 0 Å². The first kappa shape index (κ1) is 12.4. The molecule has 1 unspecified atom stereocenters. The monoisotopic (exact) mass is 218 g/mol. The zero-order chi connectivity index (χ0) is 11.8. The van der Waals surface area contributed by atoms with Gasteiger partial charge in [-0.3, -0.25) is 9.78 Å². The van der Waals surface area contributed by atoms with Crippen LogP contribution in [0.3, 0.4) is 0 Å². The molecule has 3 nitrogen and oxygen atoms in total. The first-order valence-corrected chi connectivity index (χ1v) is 5.54. The van der Waals surface area contributed by atoms with Gasteiger partial charge in [0.2, 0.25) is 5.91 Å². The fourth-order valence-electron chi connectivity index (χ4n) is 1.53. The molecule has 0 aliphatic heterocycles. The van der Waals surface area contributed by atoms with Gasteiger partial charge in [0.05, 0.1) is 0 Å². The summed E-state index contributed by atoms with van der Waals surface area (Å²) in [5, 5.41) is 2.84. The number of rotatable bonds is 6. The van der Waals surface area contributed by atoms with E-state index in [9.17, 15) is 4.79 Å². The zero-order valence-electron chi connectivity index (χ0n) is 9.65. The van der Waals surface area contributed by atoms with Crippen LogP contribution in [0, 0.1) is 0 Å². The van der Waals surface area contributed by atoms with Crippen molar-refractivity contribution in [2.24, 2.45) is 0 Å². The van der Waals surface area contributed by atoms with Crippen molar-refractivity contribution in [3.8, 4) is 0 Å². The third-order valence-electron chi connectivity index (χ3n) is 2.40. The predicted molar refractivity (Wildman–Crippen MR) is 65.0 cm³/mol. The van der Waals surface area contributed by atoms with Crippen molar-refractivity contribution in [1.29, 1.82) is 0 Å². The summed E-state index contributed by atoms with van der Waals surface area (Å²) in [4.78, 5) is 15.1. The lowest BCUT2D eigenvalue weighted by molar-refractivity contribution is -0.117. The van der Waals surface area contributed by atoms with Crippen LogP contribution in [-0.2, 0) is 11.2 Å². The lowest BCUT2D eigenvalue weighted by Crippen LogP contribution is -2.30. The molecule has 16 heavy (non-hydrogen) atoms. The molecule has 0 fully saturated rings. The number of nitrogens with zero attached hydrogens (tertiary/aromatic N) is 1. The number of hydrogen-bond acceptors (Lipinski definition) is 2. The Balaban J connectivity index is 2.20. The standard InChI is InChI=1S/C13H18N2O/c1-3-13(16)15-11(2)6-4-7-12-8-5-9-14-10-12/h3,5,8-11H,1,4,6-7H2,2H3,(H,15,16). The topological polar surface area (TPSA) is 42.0 Å². The summed E-state index contributed by atoms with van der Waals surface area (Å²) in [6.07, 6.45) is 7.97. The van der Waals surface area contributed by atoms with Crippen LogP contribution in [0.1, 0.15) is 25.3 Å². The second-order valence-corrected chi connectivity index (χ2v) is 3.87. The molecule has 0 saturated carbocycles. The second kappa shape index (κ2) is 6.77. The molecule has 1 rings (SSSR count). The third-order valence-corrected chi connectivity index (χ3v) is 2.40. The zero-order valence-corrected chi connectivity index (χ0v) is 9.65. The van der Waals surface area contributed by atoms with Gasteiger partial charge in [0.15, 0.2) is 0 Å². The van der Waals surface area contributed by atoms with Gasteiger partial charge in [-0.15, -0.1) is 0 Å². The molecular formula is C13H18N2O. The minimum Gasteiger partial charge on any atom is -0.350 e. The Kier molecular flexibility index (Phi) is 5.26. The van der Waals surface area contributed by atoms with E-state index in [-0.39, 0.29) is 11.9 Å². The summed E-state index contributed by atoms with van der Waals surface area (Å²) in [5.41, 5.74) is 1.24. The average molecular weight is 218 g/mol. The quantitative estimate of drug-likeness (QED) is 0.743. The highest BCUT2D eigenvalue weighted by Gasteiger charge is 2.03. The van der Waals surface area contributed by atoms with E-state index in [0.29, 0.717) is 0 Å². The molecule has 86 valence electrons. The fraction of sp³-hybridized carbons (Fsp3) is 0.385. The Morgan fingerprint density at radius 2 is 2.50 bits per heavy atom. The Bertz CT molecular complexity index is 335. The van der Waals surface area contributed by atoms with Crippen LogP contribution < -0.4 is 5.32 Å². The fourth-order valence-corrected chi connectivity index (χ4v) is 1.53. The van der Waals surface area contributed by atoms with Crippen molar-refractivity contribution < 1.29 is 4.79 Å². The number of aromatic nitrogens is 1. The molecule has 1 amide bonds. The van der Waals surface area contributed by atoms with Crippen LogP contribution in [0.4, 0.5) is 0 Å².